The van der Waals surface area contributed by atoms with Gasteiger partial charge in [-0.25, -0.2) is 14.8 Å². The number of hydrogen-bond donors (Lipinski definition) is 2. The molecule has 1 atom stereocenters. The molecule has 0 bridgehead atoms. The predicted octanol–water partition coefficient (Wildman–Crippen LogP) is 2.38. The molecule has 0 unspecified atom stereocenters. The molecule has 28 heavy (non-hydrogen) atoms. The van der Waals surface area contributed by atoms with Gasteiger partial charge in [-0.2, -0.15) is 0 Å². The van der Waals surface area contributed by atoms with Gasteiger partial charge < -0.3 is 20.4 Å². The predicted molar refractivity (Wildman–Crippen MR) is 113 cm³/mol. The van der Waals surface area contributed by atoms with E-state index in [-0.39, 0.29) is 23.7 Å². The minimum Gasteiger partial charge on any atom is -0.355 e. The molecule has 0 aliphatic carbocycles. The Labute approximate surface area is 175 Å². The summed E-state index contributed by atoms with van der Waals surface area (Å²) >= 11 is 7.44. The first-order valence-electron chi connectivity index (χ1n) is 9.68. The van der Waals surface area contributed by atoms with Crippen molar-refractivity contribution in [3.63, 3.8) is 0 Å². The molecule has 8 nitrogen and oxygen atoms in total. The number of carbonyl (C=O) groups excluding carboxylic acids is 2. The van der Waals surface area contributed by atoms with Crippen molar-refractivity contribution >= 4 is 41.1 Å². The van der Waals surface area contributed by atoms with Gasteiger partial charge in [-0.05, 0) is 19.8 Å². The smallest absolute Gasteiger partial charge is 0.317 e. The van der Waals surface area contributed by atoms with Crippen molar-refractivity contribution in [2.24, 2.45) is 0 Å². The molecule has 1 aromatic rings. The van der Waals surface area contributed by atoms with E-state index in [0.29, 0.717) is 43.0 Å². The Morgan fingerprint density at radius 1 is 1.21 bits per heavy atom. The number of carbonyl (C=O) groups is 2. The second-order valence-corrected chi connectivity index (χ2v) is 8.02. The van der Waals surface area contributed by atoms with Crippen LogP contribution in [0.1, 0.15) is 33.6 Å². The largest absolute Gasteiger partial charge is 0.355 e. The third-order valence-corrected chi connectivity index (χ3v) is 5.34. The van der Waals surface area contributed by atoms with Crippen molar-refractivity contribution in [2.45, 2.75) is 44.8 Å². The van der Waals surface area contributed by atoms with E-state index in [9.17, 15) is 9.59 Å². The van der Waals surface area contributed by atoms with Crippen LogP contribution in [0.4, 0.5) is 10.6 Å². The molecule has 0 saturated carbocycles. The fraction of sp³-hybridized carbons (Fsp3) is 0.667. The van der Waals surface area contributed by atoms with Gasteiger partial charge in [0.25, 0.3) is 0 Å². The van der Waals surface area contributed by atoms with Crippen LogP contribution in [0.5, 0.6) is 0 Å². The van der Waals surface area contributed by atoms with Crippen molar-refractivity contribution in [1.29, 1.82) is 0 Å². The van der Waals surface area contributed by atoms with E-state index < -0.39 is 0 Å². The topological polar surface area (TPSA) is 90.5 Å². The molecule has 3 amide bonds. The Bertz CT molecular complexity index is 677. The van der Waals surface area contributed by atoms with Gasteiger partial charge in [0.2, 0.25) is 5.91 Å². The lowest BCUT2D eigenvalue weighted by Gasteiger charge is -2.40. The van der Waals surface area contributed by atoms with E-state index in [1.165, 1.54) is 11.8 Å². The number of nitrogens with one attached hydrogen (secondary N) is 2. The number of nitrogens with zero attached hydrogens (tertiary/aromatic N) is 4. The Morgan fingerprint density at radius 2 is 1.93 bits per heavy atom. The lowest BCUT2D eigenvalue weighted by molar-refractivity contribution is -0.118. The minimum absolute atomic E-state index is 0.0240. The highest BCUT2D eigenvalue weighted by Crippen LogP contribution is 2.24. The summed E-state index contributed by atoms with van der Waals surface area (Å²) in [6, 6.07) is 1.75. The number of hydrogen-bond acceptors (Lipinski definition) is 6. The molecule has 1 aliphatic heterocycles. The first kappa shape index (κ1) is 22.5. The molecule has 2 heterocycles. The highest BCUT2D eigenvalue weighted by molar-refractivity contribution is 7.99. The van der Waals surface area contributed by atoms with Crippen molar-refractivity contribution in [3.05, 3.63) is 11.2 Å². The number of piperazine rings is 1. The lowest BCUT2D eigenvalue weighted by Crippen LogP contribution is -2.56. The third kappa shape index (κ3) is 6.70. The Kier molecular flexibility index (Phi) is 9.11. The van der Waals surface area contributed by atoms with Gasteiger partial charge in [0.15, 0.2) is 5.16 Å². The summed E-state index contributed by atoms with van der Waals surface area (Å²) in [5.74, 6) is 0.927. The first-order chi connectivity index (χ1) is 13.4. The molecule has 0 aromatic carbocycles. The second kappa shape index (κ2) is 11.3. The summed E-state index contributed by atoms with van der Waals surface area (Å²) in [7, 11) is 0. The molecule has 1 aromatic heterocycles. The molecule has 0 radical (unpaired) electrons. The highest BCUT2D eigenvalue weighted by atomic mass is 35.5. The summed E-state index contributed by atoms with van der Waals surface area (Å²) in [5, 5.41) is 6.58. The van der Waals surface area contributed by atoms with E-state index in [0.717, 1.165) is 18.7 Å². The molecule has 1 aliphatic rings. The zero-order valence-electron chi connectivity index (χ0n) is 16.7. The van der Waals surface area contributed by atoms with Crippen LogP contribution < -0.4 is 15.5 Å². The van der Waals surface area contributed by atoms with Crippen molar-refractivity contribution in [1.82, 2.24) is 25.5 Å². The van der Waals surface area contributed by atoms with Crippen molar-refractivity contribution in [2.75, 3.05) is 43.4 Å². The Morgan fingerprint density at radius 3 is 2.61 bits per heavy atom. The van der Waals surface area contributed by atoms with Gasteiger partial charge in [-0.15, -0.1) is 0 Å². The lowest BCUT2D eigenvalue weighted by atomic mass is 10.2. The van der Waals surface area contributed by atoms with Crippen LogP contribution in [0.25, 0.3) is 0 Å². The van der Waals surface area contributed by atoms with E-state index in [4.69, 9.17) is 11.6 Å². The molecule has 156 valence electrons. The summed E-state index contributed by atoms with van der Waals surface area (Å²) in [5.41, 5.74) is 0. The number of amides is 3. The quantitative estimate of drug-likeness (QED) is 0.375. The molecular weight excluding hydrogens is 400 g/mol. The fourth-order valence-corrected chi connectivity index (χ4v) is 3.77. The summed E-state index contributed by atoms with van der Waals surface area (Å²) in [6.07, 6.45) is 1.81. The van der Waals surface area contributed by atoms with Gasteiger partial charge in [-0.3, -0.25) is 4.79 Å². The normalized spacial score (nSPS) is 16.8. The summed E-state index contributed by atoms with van der Waals surface area (Å²) in [6.45, 7) is 9.34. The third-order valence-electron chi connectivity index (χ3n) is 4.30. The van der Waals surface area contributed by atoms with Crippen LogP contribution in [0.2, 0.25) is 5.15 Å². The number of halogens is 1. The second-order valence-electron chi connectivity index (χ2n) is 6.69. The zero-order chi connectivity index (χ0) is 20.5. The number of anilines is 1. The van der Waals surface area contributed by atoms with Gasteiger partial charge in [0.05, 0.1) is 5.75 Å². The van der Waals surface area contributed by atoms with E-state index >= 15 is 0 Å². The molecule has 1 fully saturated rings. The maximum atomic E-state index is 12.3. The minimum atomic E-state index is -0.0442. The number of aromatic nitrogens is 2. The standard InChI is InChI=1S/C18H29ClN6O2S/c1-4-6-20-16(26)12-28-17-22-14(19)10-15(23-17)24-8-9-25(13(3)11-24)18(27)21-7-5-2/h10,13H,4-9,11-12H2,1-3H3,(H,20,26)(H,21,27)/t13-/m0/s1. The monoisotopic (exact) mass is 428 g/mol. The maximum Gasteiger partial charge on any atom is 0.317 e. The summed E-state index contributed by atoms with van der Waals surface area (Å²) in [4.78, 5) is 36.8. The van der Waals surface area contributed by atoms with Crippen LogP contribution in [0, 0.1) is 0 Å². The summed E-state index contributed by atoms with van der Waals surface area (Å²) < 4.78 is 0. The molecule has 10 heteroatoms. The maximum absolute atomic E-state index is 12.3. The number of urea groups is 1. The number of thioether (sulfide) groups is 1. The van der Waals surface area contributed by atoms with Crippen molar-refractivity contribution in [3.8, 4) is 0 Å². The number of rotatable bonds is 8. The van der Waals surface area contributed by atoms with Gasteiger partial charge >= 0.3 is 6.03 Å². The fourth-order valence-electron chi connectivity index (χ4n) is 2.86. The van der Waals surface area contributed by atoms with Crippen LogP contribution in [0.3, 0.4) is 0 Å². The van der Waals surface area contributed by atoms with Crippen molar-refractivity contribution < 1.29 is 9.59 Å². The van der Waals surface area contributed by atoms with E-state index in [1.54, 1.807) is 6.07 Å². The molecule has 1 saturated heterocycles. The van der Waals surface area contributed by atoms with E-state index in [1.807, 2.05) is 25.7 Å². The molecule has 0 spiro atoms. The Balaban J connectivity index is 1.97. The van der Waals surface area contributed by atoms with Gasteiger partial charge in [-0.1, -0.05) is 37.2 Å². The average Bonchev–Trinajstić information content (AvgIpc) is 2.68. The van der Waals surface area contributed by atoms with Gasteiger partial charge in [0.1, 0.15) is 11.0 Å². The Hall–Kier alpha value is -1.74. The van der Waals surface area contributed by atoms with Crippen LogP contribution >= 0.6 is 23.4 Å². The van der Waals surface area contributed by atoms with E-state index in [2.05, 4.69) is 25.5 Å². The van der Waals surface area contributed by atoms with Crippen LogP contribution in [0.15, 0.2) is 11.2 Å². The average molecular weight is 429 g/mol. The molecule has 2 rings (SSSR count). The molecule has 2 N–H and O–H groups in total. The molecular formula is C18H29ClN6O2S. The SMILES string of the molecule is CCCNC(=O)CSc1nc(Cl)cc(N2CCN(C(=O)NCCC)[C@@H](C)C2)n1. The highest BCUT2D eigenvalue weighted by Gasteiger charge is 2.28. The van der Waals surface area contributed by atoms with Crippen LogP contribution in [-0.4, -0.2) is 71.3 Å². The van der Waals surface area contributed by atoms with Crippen LogP contribution in [-0.2, 0) is 4.79 Å². The zero-order valence-corrected chi connectivity index (χ0v) is 18.3. The van der Waals surface area contributed by atoms with Gasteiger partial charge in [0, 0.05) is 44.8 Å². The first-order valence-corrected chi connectivity index (χ1v) is 11.0.